The third-order valence-electron chi connectivity index (χ3n) is 5.13. The summed E-state index contributed by atoms with van der Waals surface area (Å²) >= 11 is 0. The van der Waals surface area contributed by atoms with Gasteiger partial charge in [-0.05, 0) is 39.2 Å². The molecular weight excluding hydrogens is 360 g/mol. The van der Waals surface area contributed by atoms with E-state index in [1.165, 1.54) is 0 Å². The molecule has 160 valence electrons. The molecular formula is C19H36N6O3. The molecule has 8 N–H and O–H groups in total. The maximum atomic E-state index is 12.5. The van der Waals surface area contributed by atoms with Crippen molar-refractivity contribution in [3.05, 3.63) is 23.2 Å². The molecule has 3 unspecified atom stereocenters. The molecule has 1 amide bonds. The van der Waals surface area contributed by atoms with Gasteiger partial charge in [-0.1, -0.05) is 0 Å². The van der Waals surface area contributed by atoms with Gasteiger partial charge in [0.2, 0.25) is 0 Å². The largest absolute Gasteiger partial charge is 0.402 e. The van der Waals surface area contributed by atoms with E-state index in [1.807, 2.05) is 4.90 Å². The normalized spacial score (nSPS) is 26.6. The minimum absolute atomic E-state index is 0.0316. The van der Waals surface area contributed by atoms with E-state index >= 15 is 0 Å². The lowest BCUT2D eigenvalue weighted by Crippen LogP contribution is -2.57. The van der Waals surface area contributed by atoms with Gasteiger partial charge in [-0.25, -0.2) is 0 Å². The first kappa shape index (κ1) is 22.5. The smallest absolute Gasteiger partial charge is 0.256 e. The fraction of sp³-hybridized carbons (Fsp3) is 0.737. The molecule has 3 atom stereocenters. The van der Waals surface area contributed by atoms with Gasteiger partial charge in [-0.3, -0.25) is 4.79 Å². The Balaban J connectivity index is 2.11. The predicted molar refractivity (Wildman–Crippen MR) is 109 cm³/mol. The Labute approximate surface area is 167 Å². The molecule has 28 heavy (non-hydrogen) atoms. The molecule has 0 spiro atoms. The molecule has 2 heterocycles. The lowest BCUT2D eigenvalue weighted by molar-refractivity contribution is -0.117. The van der Waals surface area contributed by atoms with Crippen LogP contribution in [0, 0.1) is 0 Å². The monoisotopic (exact) mass is 396 g/mol. The quantitative estimate of drug-likeness (QED) is 0.216. The fourth-order valence-corrected chi connectivity index (χ4v) is 3.67. The van der Waals surface area contributed by atoms with Crippen LogP contribution in [0.5, 0.6) is 0 Å². The molecule has 0 aromatic rings. The number of nitrogens with one attached hydrogen (secondary N) is 2. The van der Waals surface area contributed by atoms with E-state index in [4.69, 9.17) is 26.7 Å². The zero-order valence-corrected chi connectivity index (χ0v) is 17.2. The minimum Gasteiger partial charge on any atom is -0.402 e. The Kier molecular flexibility index (Phi) is 8.56. The SMILES string of the molecule is COC1CN(/C(N)=C(/C=C(/C)N)C(=O)NC(C)N)CCC1NC1CCOCC1. The second-order valence-electron chi connectivity index (χ2n) is 7.62. The topological polar surface area (TPSA) is 141 Å². The van der Waals surface area contributed by atoms with Crippen molar-refractivity contribution in [2.45, 2.75) is 57.5 Å². The number of likely N-dealkylation sites (tertiary alicyclic amines) is 1. The van der Waals surface area contributed by atoms with Gasteiger partial charge in [0.25, 0.3) is 5.91 Å². The standard InChI is InChI=1S/C19H36N6O3/c1-12(20)10-15(19(26)23-13(2)21)18(22)25-7-4-16(17(11-25)27-3)24-14-5-8-28-9-6-14/h10,13-14,16-17,24H,4-9,11,20-22H2,1-3H3,(H,23,26)/b12-10-,18-15-. The van der Waals surface area contributed by atoms with E-state index in [0.717, 1.165) is 39.0 Å². The summed E-state index contributed by atoms with van der Waals surface area (Å²) in [4.78, 5) is 14.5. The number of allylic oxidation sites excluding steroid dienone is 1. The highest BCUT2D eigenvalue weighted by Crippen LogP contribution is 2.20. The number of methoxy groups -OCH3 is 1. The average molecular weight is 397 g/mol. The van der Waals surface area contributed by atoms with Crippen LogP contribution in [-0.2, 0) is 14.3 Å². The summed E-state index contributed by atoms with van der Waals surface area (Å²) in [5, 5.41) is 6.39. The molecule has 2 aliphatic rings. The number of carbonyl (C=O) groups is 1. The number of amides is 1. The van der Waals surface area contributed by atoms with Crippen molar-refractivity contribution in [2.24, 2.45) is 17.2 Å². The zero-order chi connectivity index (χ0) is 20.7. The van der Waals surface area contributed by atoms with Crippen molar-refractivity contribution in [1.29, 1.82) is 0 Å². The number of nitrogens with zero attached hydrogens (tertiary/aromatic N) is 1. The summed E-state index contributed by atoms with van der Waals surface area (Å²) in [6.45, 7) is 6.32. The third kappa shape index (κ3) is 6.37. The van der Waals surface area contributed by atoms with Crippen LogP contribution in [0.2, 0.25) is 0 Å². The van der Waals surface area contributed by atoms with Crippen molar-refractivity contribution in [1.82, 2.24) is 15.5 Å². The van der Waals surface area contributed by atoms with E-state index in [2.05, 4.69) is 10.6 Å². The molecule has 2 fully saturated rings. The van der Waals surface area contributed by atoms with E-state index < -0.39 is 6.17 Å². The molecule has 2 rings (SSSR count). The van der Waals surface area contributed by atoms with Crippen LogP contribution in [-0.4, -0.2) is 68.6 Å². The number of hydrogen-bond donors (Lipinski definition) is 5. The third-order valence-corrected chi connectivity index (χ3v) is 5.13. The van der Waals surface area contributed by atoms with Crippen molar-refractivity contribution < 1.29 is 14.3 Å². The Hall–Kier alpha value is -1.81. The van der Waals surface area contributed by atoms with Crippen LogP contribution in [0.3, 0.4) is 0 Å². The van der Waals surface area contributed by atoms with Crippen LogP contribution in [0.1, 0.15) is 33.1 Å². The highest BCUT2D eigenvalue weighted by Gasteiger charge is 2.32. The first-order valence-corrected chi connectivity index (χ1v) is 9.93. The summed E-state index contributed by atoms with van der Waals surface area (Å²) in [6.07, 6.45) is 3.96. The van der Waals surface area contributed by atoms with Crippen molar-refractivity contribution in [3.8, 4) is 0 Å². The van der Waals surface area contributed by atoms with Crippen molar-refractivity contribution >= 4 is 5.91 Å². The molecule has 0 bridgehead atoms. The molecule has 0 saturated carbocycles. The summed E-state index contributed by atoms with van der Waals surface area (Å²) in [5.41, 5.74) is 18.7. The first-order valence-electron chi connectivity index (χ1n) is 9.93. The highest BCUT2D eigenvalue weighted by atomic mass is 16.5. The maximum Gasteiger partial charge on any atom is 0.256 e. The lowest BCUT2D eigenvalue weighted by Gasteiger charge is -2.41. The van der Waals surface area contributed by atoms with Gasteiger partial charge in [0, 0.05) is 51.2 Å². The van der Waals surface area contributed by atoms with Gasteiger partial charge in [0.05, 0.1) is 17.8 Å². The second-order valence-corrected chi connectivity index (χ2v) is 7.62. The Bertz CT molecular complexity index is 582. The van der Waals surface area contributed by atoms with Gasteiger partial charge in [0.15, 0.2) is 0 Å². The number of piperidine rings is 1. The van der Waals surface area contributed by atoms with E-state index in [1.54, 1.807) is 27.0 Å². The van der Waals surface area contributed by atoms with Crippen LogP contribution < -0.4 is 27.8 Å². The van der Waals surface area contributed by atoms with Crippen LogP contribution in [0.15, 0.2) is 23.2 Å². The summed E-state index contributed by atoms with van der Waals surface area (Å²) in [5.74, 6) is 0.0447. The van der Waals surface area contributed by atoms with Gasteiger partial charge in [-0.15, -0.1) is 0 Å². The molecule has 0 aromatic carbocycles. The lowest BCUT2D eigenvalue weighted by atomic mass is 9.98. The van der Waals surface area contributed by atoms with E-state index in [9.17, 15) is 4.79 Å². The van der Waals surface area contributed by atoms with Crippen molar-refractivity contribution in [3.63, 3.8) is 0 Å². The molecule has 0 aromatic heterocycles. The predicted octanol–water partition coefficient (Wildman–Crippen LogP) is -0.702. The average Bonchev–Trinajstić information content (AvgIpc) is 2.66. The van der Waals surface area contributed by atoms with E-state index in [-0.39, 0.29) is 18.1 Å². The molecule has 9 nitrogen and oxygen atoms in total. The summed E-state index contributed by atoms with van der Waals surface area (Å²) < 4.78 is 11.2. The molecule has 0 radical (unpaired) electrons. The first-order chi connectivity index (χ1) is 13.3. The van der Waals surface area contributed by atoms with Gasteiger partial charge < -0.3 is 42.2 Å². The second kappa shape index (κ2) is 10.7. The van der Waals surface area contributed by atoms with Crippen molar-refractivity contribution in [2.75, 3.05) is 33.4 Å². The fourth-order valence-electron chi connectivity index (χ4n) is 3.67. The molecule has 2 aliphatic heterocycles. The van der Waals surface area contributed by atoms with E-state index in [0.29, 0.717) is 29.7 Å². The Morgan fingerprint density at radius 2 is 1.96 bits per heavy atom. The number of nitrogens with two attached hydrogens (primary N) is 3. The van der Waals surface area contributed by atoms with Gasteiger partial charge >= 0.3 is 0 Å². The summed E-state index contributed by atoms with van der Waals surface area (Å²) in [7, 11) is 1.71. The molecule has 2 saturated heterocycles. The Morgan fingerprint density at radius 3 is 2.54 bits per heavy atom. The zero-order valence-electron chi connectivity index (χ0n) is 17.2. The van der Waals surface area contributed by atoms with Gasteiger partial charge in [-0.2, -0.15) is 0 Å². The summed E-state index contributed by atoms with van der Waals surface area (Å²) in [6, 6.07) is 0.691. The number of hydrogen-bond acceptors (Lipinski definition) is 8. The number of carbonyl (C=O) groups excluding carboxylic acids is 1. The maximum absolute atomic E-state index is 12.5. The Morgan fingerprint density at radius 1 is 1.29 bits per heavy atom. The van der Waals surface area contributed by atoms with Crippen LogP contribution in [0.4, 0.5) is 0 Å². The number of rotatable bonds is 7. The van der Waals surface area contributed by atoms with Crippen LogP contribution >= 0.6 is 0 Å². The molecule has 9 heteroatoms. The minimum atomic E-state index is -0.483. The molecule has 0 aliphatic carbocycles. The van der Waals surface area contributed by atoms with Crippen LogP contribution in [0.25, 0.3) is 0 Å². The number of ether oxygens (including phenoxy) is 2. The van der Waals surface area contributed by atoms with Gasteiger partial charge in [0.1, 0.15) is 5.82 Å². The highest BCUT2D eigenvalue weighted by molar-refractivity contribution is 5.97.